The molecule has 1 rings (SSSR count). The van der Waals surface area contributed by atoms with Crippen molar-refractivity contribution in [3.8, 4) is 0 Å². The third-order valence-electron chi connectivity index (χ3n) is 3.16. The number of nitrogens with one attached hydrogen (secondary N) is 1. The van der Waals surface area contributed by atoms with Crippen molar-refractivity contribution < 1.29 is 13.2 Å². The zero-order valence-electron chi connectivity index (χ0n) is 14.6. The quantitative estimate of drug-likeness (QED) is 0.704. The van der Waals surface area contributed by atoms with Crippen molar-refractivity contribution in [3.05, 3.63) is 29.3 Å². The van der Waals surface area contributed by atoms with Crippen molar-refractivity contribution in [1.29, 1.82) is 0 Å². The SMILES string of the molecule is CC(C)(C)COCCCC(C)(C)NS(=O)(=O)c1ccccc1Cl. The predicted octanol–water partition coefficient (Wildman–Crippen LogP) is 4.24. The van der Waals surface area contributed by atoms with Gasteiger partial charge in [0.2, 0.25) is 10.0 Å². The van der Waals surface area contributed by atoms with Gasteiger partial charge in [0.05, 0.1) is 11.6 Å². The third-order valence-corrected chi connectivity index (χ3v) is 5.36. The second kappa shape index (κ2) is 7.97. The predicted molar refractivity (Wildman–Crippen MR) is 95.4 cm³/mol. The lowest BCUT2D eigenvalue weighted by atomic mass is 9.98. The molecule has 0 fully saturated rings. The van der Waals surface area contributed by atoms with Crippen LogP contribution in [0.2, 0.25) is 5.02 Å². The number of benzene rings is 1. The molecule has 1 aromatic rings. The minimum absolute atomic E-state index is 0.110. The molecule has 1 aromatic carbocycles. The summed E-state index contributed by atoms with van der Waals surface area (Å²) in [4.78, 5) is 0.110. The first-order valence-electron chi connectivity index (χ1n) is 7.79. The van der Waals surface area contributed by atoms with Crippen molar-refractivity contribution in [2.75, 3.05) is 13.2 Å². The third kappa shape index (κ3) is 7.66. The fraction of sp³-hybridized carbons (Fsp3) is 0.647. The monoisotopic (exact) mass is 361 g/mol. The Morgan fingerprint density at radius 1 is 1.13 bits per heavy atom. The van der Waals surface area contributed by atoms with E-state index in [0.29, 0.717) is 19.6 Å². The molecular formula is C17H28ClNO3S. The van der Waals surface area contributed by atoms with E-state index in [1.165, 1.54) is 6.07 Å². The van der Waals surface area contributed by atoms with Crippen LogP contribution in [0, 0.1) is 5.41 Å². The highest BCUT2D eigenvalue weighted by atomic mass is 35.5. The molecule has 0 amide bonds. The van der Waals surface area contributed by atoms with Crippen LogP contribution < -0.4 is 4.72 Å². The summed E-state index contributed by atoms with van der Waals surface area (Å²) in [5, 5.41) is 0.226. The minimum Gasteiger partial charge on any atom is -0.381 e. The minimum atomic E-state index is -3.64. The van der Waals surface area contributed by atoms with Crippen LogP contribution in [0.3, 0.4) is 0 Å². The summed E-state index contributed by atoms with van der Waals surface area (Å²) in [6.45, 7) is 11.4. The molecule has 0 aliphatic carbocycles. The van der Waals surface area contributed by atoms with Gasteiger partial charge in [0.15, 0.2) is 0 Å². The summed E-state index contributed by atoms with van der Waals surface area (Å²) in [6, 6.07) is 6.45. The van der Waals surface area contributed by atoms with Gasteiger partial charge >= 0.3 is 0 Å². The Morgan fingerprint density at radius 2 is 1.74 bits per heavy atom. The van der Waals surface area contributed by atoms with Gasteiger partial charge in [0.25, 0.3) is 0 Å². The maximum Gasteiger partial charge on any atom is 0.242 e. The van der Waals surface area contributed by atoms with Crippen LogP contribution in [-0.2, 0) is 14.8 Å². The van der Waals surface area contributed by atoms with E-state index in [4.69, 9.17) is 16.3 Å². The fourth-order valence-electron chi connectivity index (χ4n) is 2.13. The Balaban J connectivity index is 2.56. The lowest BCUT2D eigenvalue weighted by Crippen LogP contribution is -2.43. The molecule has 6 heteroatoms. The summed E-state index contributed by atoms with van der Waals surface area (Å²) < 4.78 is 33.3. The van der Waals surface area contributed by atoms with Crippen LogP contribution >= 0.6 is 11.6 Å². The molecule has 0 saturated carbocycles. The number of rotatable bonds is 8. The summed E-state index contributed by atoms with van der Waals surface area (Å²) in [7, 11) is -3.64. The highest BCUT2D eigenvalue weighted by molar-refractivity contribution is 7.89. The maximum absolute atomic E-state index is 12.5. The summed E-state index contributed by atoms with van der Waals surface area (Å²) in [6.07, 6.45) is 1.47. The molecule has 4 nitrogen and oxygen atoms in total. The standard InChI is InChI=1S/C17H28ClNO3S/c1-16(2,3)13-22-12-8-11-17(4,5)19-23(20,21)15-10-7-6-9-14(15)18/h6-7,9-10,19H,8,11-13H2,1-5H3. The van der Waals surface area contributed by atoms with Gasteiger partial charge in [-0.25, -0.2) is 13.1 Å². The number of hydrogen-bond donors (Lipinski definition) is 1. The molecule has 0 spiro atoms. The summed E-state index contributed by atoms with van der Waals surface area (Å²) in [5.41, 5.74) is -0.426. The van der Waals surface area contributed by atoms with Crippen LogP contribution in [-0.4, -0.2) is 27.2 Å². The molecule has 0 aliphatic rings. The summed E-state index contributed by atoms with van der Waals surface area (Å²) >= 11 is 5.99. The van der Waals surface area contributed by atoms with Gasteiger partial charge in [-0.05, 0) is 44.2 Å². The normalized spacial score (nSPS) is 13.3. The molecule has 0 unspecified atom stereocenters. The van der Waals surface area contributed by atoms with Gasteiger partial charge in [-0.3, -0.25) is 0 Å². The fourth-order valence-corrected chi connectivity index (χ4v) is 4.09. The second-order valence-corrected chi connectivity index (χ2v) is 9.69. The van der Waals surface area contributed by atoms with Crippen molar-refractivity contribution in [2.24, 2.45) is 5.41 Å². The van der Waals surface area contributed by atoms with Gasteiger partial charge < -0.3 is 4.74 Å². The molecule has 0 aromatic heterocycles. The highest BCUT2D eigenvalue weighted by Crippen LogP contribution is 2.23. The molecular weight excluding hydrogens is 334 g/mol. The second-order valence-electron chi connectivity index (χ2n) is 7.64. The van der Waals surface area contributed by atoms with E-state index in [1.807, 2.05) is 13.8 Å². The molecule has 23 heavy (non-hydrogen) atoms. The number of halogens is 1. The molecule has 0 aliphatic heterocycles. The Labute approximate surface area is 145 Å². The molecule has 132 valence electrons. The van der Waals surface area contributed by atoms with E-state index in [-0.39, 0.29) is 15.3 Å². The molecule has 0 saturated heterocycles. The average molecular weight is 362 g/mol. The number of ether oxygens (including phenoxy) is 1. The zero-order chi connectivity index (χ0) is 17.7. The molecule has 1 N–H and O–H groups in total. The van der Waals surface area contributed by atoms with Crippen LogP contribution in [0.1, 0.15) is 47.5 Å². The van der Waals surface area contributed by atoms with Gasteiger partial charge in [0.1, 0.15) is 4.90 Å². The van der Waals surface area contributed by atoms with E-state index in [2.05, 4.69) is 25.5 Å². The van der Waals surface area contributed by atoms with E-state index >= 15 is 0 Å². The topological polar surface area (TPSA) is 55.4 Å². The van der Waals surface area contributed by atoms with Crippen LogP contribution in [0.25, 0.3) is 0 Å². The van der Waals surface area contributed by atoms with E-state index in [9.17, 15) is 8.42 Å². The zero-order valence-corrected chi connectivity index (χ0v) is 16.2. The van der Waals surface area contributed by atoms with Gasteiger partial charge in [-0.15, -0.1) is 0 Å². The van der Waals surface area contributed by atoms with Crippen molar-refractivity contribution in [1.82, 2.24) is 4.72 Å². The van der Waals surface area contributed by atoms with E-state index in [0.717, 1.165) is 6.42 Å². The Kier molecular flexibility index (Phi) is 7.08. The first-order chi connectivity index (χ1) is 10.4. The summed E-state index contributed by atoms with van der Waals surface area (Å²) in [5.74, 6) is 0. The van der Waals surface area contributed by atoms with Crippen molar-refractivity contribution in [3.63, 3.8) is 0 Å². The largest absolute Gasteiger partial charge is 0.381 e. The van der Waals surface area contributed by atoms with E-state index in [1.54, 1.807) is 18.2 Å². The molecule has 0 atom stereocenters. The van der Waals surface area contributed by atoms with Crippen molar-refractivity contribution >= 4 is 21.6 Å². The smallest absolute Gasteiger partial charge is 0.242 e. The lowest BCUT2D eigenvalue weighted by molar-refractivity contribution is 0.0664. The lowest BCUT2D eigenvalue weighted by Gasteiger charge is -2.26. The Hall–Kier alpha value is -0.620. The van der Waals surface area contributed by atoms with Gasteiger partial charge in [-0.2, -0.15) is 0 Å². The molecule has 0 heterocycles. The number of hydrogen-bond acceptors (Lipinski definition) is 3. The Morgan fingerprint density at radius 3 is 2.30 bits per heavy atom. The van der Waals surface area contributed by atoms with Crippen LogP contribution in [0.5, 0.6) is 0 Å². The molecule has 0 bridgehead atoms. The molecule has 0 radical (unpaired) electrons. The van der Waals surface area contributed by atoms with Crippen LogP contribution in [0.4, 0.5) is 0 Å². The highest BCUT2D eigenvalue weighted by Gasteiger charge is 2.27. The Bertz CT molecular complexity index is 607. The van der Waals surface area contributed by atoms with Gasteiger partial charge in [0, 0.05) is 12.1 Å². The maximum atomic E-state index is 12.5. The van der Waals surface area contributed by atoms with Crippen molar-refractivity contribution in [2.45, 2.75) is 57.9 Å². The first-order valence-corrected chi connectivity index (χ1v) is 9.65. The average Bonchev–Trinajstić information content (AvgIpc) is 2.35. The first kappa shape index (κ1) is 20.4. The van der Waals surface area contributed by atoms with E-state index < -0.39 is 15.6 Å². The van der Waals surface area contributed by atoms with Gasteiger partial charge in [-0.1, -0.05) is 44.5 Å². The number of sulfonamides is 1. The van der Waals surface area contributed by atoms with Crippen LogP contribution in [0.15, 0.2) is 29.2 Å².